The molecule has 1 atom stereocenters. The Hall–Kier alpha value is -4.21. The van der Waals surface area contributed by atoms with Crippen LogP contribution in [0.2, 0.25) is 0 Å². The molecule has 0 spiro atoms. The third kappa shape index (κ3) is 6.67. The molecule has 0 saturated carbocycles. The van der Waals surface area contributed by atoms with Gasteiger partial charge in [0.25, 0.3) is 5.91 Å². The van der Waals surface area contributed by atoms with E-state index >= 15 is 0 Å². The van der Waals surface area contributed by atoms with Crippen LogP contribution >= 0.6 is 0 Å². The Morgan fingerprint density at radius 2 is 1.48 bits per heavy atom. The second-order valence-electron chi connectivity index (χ2n) is 10.5. The fourth-order valence-electron chi connectivity index (χ4n) is 4.62. The summed E-state index contributed by atoms with van der Waals surface area (Å²) in [5.74, 6) is 0.153. The zero-order chi connectivity index (χ0) is 29.2. The van der Waals surface area contributed by atoms with Crippen LogP contribution in [0, 0.1) is 0 Å². The highest BCUT2D eigenvalue weighted by atomic mass is 19.4. The third-order valence-electron chi connectivity index (χ3n) is 6.41. The van der Waals surface area contributed by atoms with Crippen molar-refractivity contribution in [3.63, 3.8) is 0 Å². The molecule has 10 heteroatoms. The molecule has 4 rings (SSSR count). The van der Waals surface area contributed by atoms with Crippen molar-refractivity contribution in [2.75, 3.05) is 19.5 Å². The first-order valence-corrected chi connectivity index (χ1v) is 12.6. The second kappa shape index (κ2) is 11.1. The molecule has 0 aliphatic heterocycles. The Bertz CT molecular complexity index is 1410. The Labute approximate surface area is 230 Å². The lowest BCUT2D eigenvalue weighted by molar-refractivity contribution is -0.137. The van der Waals surface area contributed by atoms with Crippen molar-refractivity contribution in [1.82, 2.24) is 5.32 Å². The van der Waals surface area contributed by atoms with Gasteiger partial charge in [-0.2, -0.15) is 13.2 Å². The zero-order valence-electron chi connectivity index (χ0n) is 22.9. The van der Waals surface area contributed by atoms with Gasteiger partial charge in [0.2, 0.25) is 0 Å². The maximum atomic E-state index is 13.5. The molecule has 3 aromatic carbocycles. The molecule has 0 fully saturated rings. The minimum absolute atomic E-state index is 0.132. The van der Waals surface area contributed by atoms with Crippen LogP contribution in [0.15, 0.2) is 54.6 Å². The highest BCUT2D eigenvalue weighted by molar-refractivity contribution is 6.09. The summed E-state index contributed by atoms with van der Waals surface area (Å²) in [7, 11) is 2.86. The van der Waals surface area contributed by atoms with Crippen molar-refractivity contribution < 1.29 is 37.0 Å². The lowest BCUT2D eigenvalue weighted by Gasteiger charge is -2.21. The summed E-state index contributed by atoms with van der Waals surface area (Å²) in [4.78, 5) is 25.7. The Kier molecular flexibility index (Phi) is 8.00. The van der Waals surface area contributed by atoms with Crippen molar-refractivity contribution in [2.45, 2.75) is 51.4 Å². The number of amides is 2. The summed E-state index contributed by atoms with van der Waals surface area (Å²) >= 11 is 0. The number of fused-ring (bicyclic) bond motifs is 1. The fraction of sp³-hybridized carbons (Fsp3) is 0.333. The van der Waals surface area contributed by atoms with Crippen LogP contribution in [0.3, 0.4) is 0 Å². The highest BCUT2D eigenvalue weighted by Crippen LogP contribution is 2.38. The molecule has 1 aliphatic carbocycles. The van der Waals surface area contributed by atoms with E-state index in [1.54, 1.807) is 32.9 Å². The molecule has 0 bridgehead atoms. The van der Waals surface area contributed by atoms with E-state index in [0.29, 0.717) is 41.2 Å². The van der Waals surface area contributed by atoms with Crippen LogP contribution in [0.5, 0.6) is 11.5 Å². The van der Waals surface area contributed by atoms with Gasteiger partial charge in [-0.15, -0.1) is 0 Å². The topological polar surface area (TPSA) is 85.9 Å². The molecule has 212 valence electrons. The maximum Gasteiger partial charge on any atom is 0.416 e. The number of alkyl carbamates (subject to hydrolysis) is 1. The zero-order valence-corrected chi connectivity index (χ0v) is 22.9. The summed E-state index contributed by atoms with van der Waals surface area (Å²) in [5.41, 5.74) is 2.16. The molecule has 1 unspecified atom stereocenters. The van der Waals surface area contributed by atoms with Gasteiger partial charge >= 0.3 is 12.3 Å². The van der Waals surface area contributed by atoms with Crippen LogP contribution in [0.25, 0.3) is 11.1 Å². The van der Waals surface area contributed by atoms with E-state index in [1.165, 1.54) is 32.4 Å². The van der Waals surface area contributed by atoms with Crippen LogP contribution in [-0.4, -0.2) is 37.9 Å². The van der Waals surface area contributed by atoms with E-state index < -0.39 is 29.3 Å². The maximum absolute atomic E-state index is 13.5. The number of carbonyl (C=O) groups excluding carboxylic acids is 2. The van der Waals surface area contributed by atoms with Crippen LogP contribution in [0.4, 0.5) is 23.7 Å². The van der Waals surface area contributed by atoms with Crippen molar-refractivity contribution in [1.29, 1.82) is 0 Å². The summed E-state index contributed by atoms with van der Waals surface area (Å²) < 4.78 is 55.4. The molecule has 2 amide bonds. The standard InChI is InChI=1S/C30H31F3N2O5/c1-29(2,3)40-28(37)35-22-12-18-8-11-21(13-19(18)14-22)34-27(36)24-16-26(39-5)25(38-4)15-23(24)17-6-9-20(10-7-17)30(31,32)33/h6-11,13,15-16,22H,12,14H2,1-5H3,(H,34,36)(H,35,37). The fourth-order valence-corrected chi connectivity index (χ4v) is 4.62. The monoisotopic (exact) mass is 556 g/mol. The molecule has 1 aliphatic rings. The largest absolute Gasteiger partial charge is 0.493 e. The predicted molar refractivity (Wildman–Crippen MR) is 145 cm³/mol. The normalized spacial score (nSPS) is 14.8. The van der Waals surface area contributed by atoms with Crippen LogP contribution in [-0.2, 0) is 23.8 Å². The van der Waals surface area contributed by atoms with E-state index in [1.807, 2.05) is 12.1 Å². The molecule has 2 N–H and O–H groups in total. The third-order valence-corrected chi connectivity index (χ3v) is 6.41. The Morgan fingerprint density at radius 3 is 2.08 bits per heavy atom. The molecule has 3 aromatic rings. The SMILES string of the molecule is COc1cc(C(=O)Nc2ccc3c(c2)CC(NC(=O)OC(C)(C)C)C3)c(-c2ccc(C(F)(F)F)cc2)cc1OC. The number of benzene rings is 3. The molecule has 40 heavy (non-hydrogen) atoms. The molecule has 0 aromatic heterocycles. The number of carbonyl (C=O) groups is 2. The predicted octanol–water partition coefficient (Wildman–Crippen LogP) is 6.63. The Morgan fingerprint density at radius 1 is 0.850 bits per heavy atom. The molecular formula is C30H31F3N2O5. The summed E-state index contributed by atoms with van der Waals surface area (Å²) in [6.07, 6.45) is -3.75. The second-order valence-corrected chi connectivity index (χ2v) is 10.5. The van der Waals surface area contributed by atoms with Gasteiger partial charge in [0.15, 0.2) is 11.5 Å². The first-order chi connectivity index (χ1) is 18.8. The lowest BCUT2D eigenvalue weighted by Crippen LogP contribution is -2.39. The highest BCUT2D eigenvalue weighted by Gasteiger charge is 2.30. The van der Waals surface area contributed by atoms with Gasteiger partial charge in [0.05, 0.1) is 25.3 Å². The summed E-state index contributed by atoms with van der Waals surface area (Å²) in [6, 6.07) is 13.0. The average Bonchev–Trinajstić information content (AvgIpc) is 3.27. The van der Waals surface area contributed by atoms with E-state index in [4.69, 9.17) is 14.2 Å². The van der Waals surface area contributed by atoms with Gasteiger partial charge in [-0.3, -0.25) is 4.79 Å². The molecule has 0 radical (unpaired) electrons. The van der Waals surface area contributed by atoms with Crippen molar-refractivity contribution in [3.8, 4) is 22.6 Å². The lowest BCUT2D eigenvalue weighted by atomic mass is 9.97. The smallest absolute Gasteiger partial charge is 0.416 e. The number of alkyl halides is 3. The van der Waals surface area contributed by atoms with E-state index in [2.05, 4.69) is 10.6 Å². The summed E-state index contributed by atoms with van der Waals surface area (Å²) in [6.45, 7) is 5.39. The van der Waals surface area contributed by atoms with Gasteiger partial charge in [-0.25, -0.2) is 4.79 Å². The number of halogens is 3. The first kappa shape index (κ1) is 28.8. The summed E-state index contributed by atoms with van der Waals surface area (Å²) in [5, 5.41) is 5.77. The molecule has 0 heterocycles. The van der Waals surface area contributed by atoms with E-state index in [9.17, 15) is 22.8 Å². The van der Waals surface area contributed by atoms with Crippen LogP contribution in [0.1, 0.15) is 47.8 Å². The average molecular weight is 557 g/mol. The van der Waals surface area contributed by atoms with Gasteiger partial charge in [-0.1, -0.05) is 18.2 Å². The van der Waals surface area contributed by atoms with Crippen molar-refractivity contribution >= 4 is 17.7 Å². The van der Waals surface area contributed by atoms with Crippen molar-refractivity contribution in [2.24, 2.45) is 0 Å². The number of methoxy groups -OCH3 is 2. The first-order valence-electron chi connectivity index (χ1n) is 12.6. The number of anilines is 1. The molecular weight excluding hydrogens is 525 g/mol. The molecule has 7 nitrogen and oxygen atoms in total. The van der Waals surface area contributed by atoms with Crippen molar-refractivity contribution in [3.05, 3.63) is 76.9 Å². The minimum Gasteiger partial charge on any atom is -0.493 e. The van der Waals surface area contributed by atoms with Gasteiger partial charge < -0.3 is 24.8 Å². The number of rotatable bonds is 6. The molecule has 0 saturated heterocycles. The number of ether oxygens (including phenoxy) is 3. The number of hydrogen-bond acceptors (Lipinski definition) is 5. The van der Waals surface area contributed by atoms with E-state index in [0.717, 1.165) is 23.3 Å². The van der Waals surface area contributed by atoms with Gasteiger partial charge in [0.1, 0.15) is 5.60 Å². The van der Waals surface area contributed by atoms with E-state index in [-0.39, 0.29) is 11.6 Å². The number of nitrogens with one attached hydrogen (secondary N) is 2. The Balaban J connectivity index is 1.57. The number of hydrogen-bond donors (Lipinski definition) is 2. The van der Waals surface area contributed by atoms with Gasteiger partial charge in [-0.05, 0) is 92.3 Å². The van der Waals surface area contributed by atoms with Gasteiger partial charge in [0, 0.05) is 11.7 Å². The quantitative estimate of drug-likeness (QED) is 0.356. The van der Waals surface area contributed by atoms with Crippen LogP contribution < -0.4 is 20.1 Å². The minimum atomic E-state index is -4.48.